The van der Waals surface area contributed by atoms with Crippen molar-refractivity contribution < 1.29 is 28.6 Å². The van der Waals surface area contributed by atoms with Gasteiger partial charge in [0.2, 0.25) is 0 Å². The van der Waals surface area contributed by atoms with Gasteiger partial charge in [0.05, 0.1) is 31.5 Å². The summed E-state index contributed by atoms with van der Waals surface area (Å²) in [7, 11) is 1.46. The lowest BCUT2D eigenvalue weighted by atomic mass is 9.95. The van der Waals surface area contributed by atoms with Gasteiger partial charge in [0.1, 0.15) is 0 Å². The van der Waals surface area contributed by atoms with Crippen molar-refractivity contribution in [2.45, 2.75) is 33.7 Å². The highest BCUT2D eigenvalue weighted by Gasteiger charge is 2.32. The van der Waals surface area contributed by atoms with Crippen LogP contribution >= 0.6 is 22.6 Å². The zero-order chi connectivity index (χ0) is 30.4. The third-order valence-corrected chi connectivity index (χ3v) is 7.31. The summed E-state index contributed by atoms with van der Waals surface area (Å²) in [5.74, 6) is -0.376. The van der Waals surface area contributed by atoms with Crippen molar-refractivity contribution in [3.8, 4) is 17.2 Å². The van der Waals surface area contributed by atoms with Crippen molar-refractivity contribution in [2.75, 3.05) is 20.3 Å². The third kappa shape index (κ3) is 6.93. The van der Waals surface area contributed by atoms with E-state index in [0.717, 1.165) is 26.2 Å². The van der Waals surface area contributed by atoms with E-state index in [1.807, 2.05) is 19.9 Å². The Labute approximate surface area is 257 Å². The number of hydrogen-bond donors (Lipinski definition) is 3. The van der Waals surface area contributed by atoms with Crippen molar-refractivity contribution in [1.82, 2.24) is 20.6 Å². The first-order valence-electron chi connectivity index (χ1n) is 13.2. The van der Waals surface area contributed by atoms with Gasteiger partial charge in [-0.05, 0) is 98.3 Å². The second-order valence-electron chi connectivity index (χ2n) is 9.42. The van der Waals surface area contributed by atoms with Crippen LogP contribution in [-0.4, -0.2) is 49.0 Å². The van der Waals surface area contributed by atoms with Gasteiger partial charge in [0.15, 0.2) is 18.1 Å². The van der Waals surface area contributed by atoms with Gasteiger partial charge < -0.3 is 29.4 Å². The summed E-state index contributed by atoms with van der Waals surface area (Å²) in [5, 5.41) is 9.45. The highest BCUT2D eigenvalue weighted by Crippen LogP contribution is 2.34. The predicted octanol–water partition coefficient (Wildman–Crippen LogP) is 4.43. The van der Waals surface area contributed by atoms with E-state index in [1.165, 1.54) is 7.11 Å². The molecule has 1 aliphatic rings. The van der Waals surface area contributed by atoms with Crippen LogP contribution in [0.4, 0.5) is 4.79 Å². The Morgan fingerprint density at radius 3 is 2.52 bits per heavy atom. The molecule has 42 heavy (non-hydrogen) atoms. The molecule has 0 unspecified atom stereocenters. The molecule has 1 aliphatic heterocycles. The number of hydrazone groups is 1. The lowest BCUT2D eigenvalue weighted by Crippen LogP contribution is -2.45. The summed E-state index contributed by atoms with van der Waals surface area (Å²) >= 11 is 2.27. The Hall–Kier alpha value is -4.33. The highest BCUT2D eigenvalue weighted by molar-refractivity contribution is 14.1. The van der Waals surface area contributed by atoms with Crippen molar-refractivity contribution in [2.24, 2.45) is 5.10 Å². The number of amides is 3. The van der Waals surface area contributed by atoms with Gasteiger partial charge in [-0.15, -0.1) is 0 Å². The molecule has 3 aromatic rings. The maximum Gasteiger partial charge on any atom is 0.338 e. The molecule has 1 atom stereocenters. The number of halogens is 1. The number of aryl methyl sites for hydroxylation is 1. The van der Waals surface area contributed by atoms with Crippen LogP contribution in [0.2, 0.25) is 0 Å². The predicted molar refractivity (Wildman–Crippen MR) is 166 cm³/mol. The molecule has 11 nitrogen and oxygen atoms in total. The summed E-state index contributed by atoms with van der Waals surface area (Å²) in [6.45, 7) is 7.23. The topological polar surface area (TPSA) is 132 Å². The molecule has 1 aromatic heterocycles. The van der Waals surface area contributed by atoms with Gasteiger partial charge in [0.25, 0.3) is 5.91 Å². The molecule has 2 heterocycles. The molecular formula is C30H32IN5O6. The van der Waals surface area contributed by atoms with Crippen LogP contribution < -0.4 is 25.5 Å². The number of ether oxygens (including phenoxy) is 3. The minimum absolute atomic E-state index is 0.192. The smallest absolute Gasteiger partial charge is 0.338 e. The third-order valence-electron chi connectivity index (χ3n) is 6.59. The van der Waals surface area contributed by atoms with Crippen molar-refractivity contribution in [3.63, 3.8) is 0 Å². The molecule has 0 radical (unpaired) electrons. The van der Waals surface area contributed by atoms with E-state index in [1.54, 1.807) is 38.3 Å². The SMILES string of the molecule is CCOC(=O)C1=C(C)NC(=O)N[C@@H]1c1ccc(OCC(=O)N/N=C/c2cc(C)n(-c3ccc(I)cc3)c2C)c(OC)c1. The molecule has 3 amide bonds. The van der Waals surface area contributed by atoms with Gasteiger partial charge >= 0.3 is 12.0 Å². The number of aromatic nitrogens is 1. The van der Waals surface area contributed by atoms with E-state index >= 15 is 0 Å². The van der Waals surface area contributed by atoms with Gasteiger partial charge in [-0.1, -0.05) is 6.07 Å². The fourth-order valence-corrected chi connectivity index (χ4v) is 5.02. The average Bonchev–Trinajstić information content (AvgIpc) is 3.24. The molecule has 12 heteroatoms. The van der Waals surface area contributed by atoms with E-state index in [9.17, 15) is 14.4 Å². The Morgan fingerprint density at radius 1 is 1.10 bits per heavy atom. The molecule has 3 N–H and O–H groups in total. The molecule has 220 valence electrons. The fourth-order valence-electron chi connectivity index (χ4n) is 4.66. The quantitative estimate of drug-likeness (QED) is 0.125. The first kappa shape index (κ1) is 30.6. The number of methoxy groups -OCH3 is 1. The number of benzene rings is 2. The van der Waals surface area contributed by atoms with E-state index in [0.29, 0.717) is 22.8 Å². The first-order valence-corrected chi connectivity index (χ1v) is 14.2. The monoisotopic (exact) mass is 685 g/mol. The summed E-state index contributed by atoms with van der Waals surface area (Å²) in [4.78, 5) is 37.2. The molecule has 2 aromatic carbocycles. The molecule has 4 rings (SSSR count). The van der Waals surface area contributed by atoms with Crippen LogP contribution in [-0.2, 0) is 14.3 Å². The number of carbonyl (C=O) groups excluding carboxylic acids is 3. The molecule has 0 bridgehead atoms. The summed E-state index contributed by atoms with van der Waals surface area (Å²) in [6.07, 6.45) is 1.60. The fraction of sp³-hybridized carbons (Fsp3) is 0.267. The normalized spacial score (nSPS) is 14.8. The van der Waals surface area contributed by atoms with E-state index in [-0.39, 0.29) is 18.8 Å². The standard InChI is InChI=1S/C30H32IN5O6/c1-6-41-29(38)27-18(3)33-30(39)34-28(27)20-7-12-24(25(14-20)40-5)42-16-26(37)35-32-15-21-13-17(2)36(19(21)4)23-10-8-22(31)9-11-23/h7-15,28H,6,16H2,1-5H3,(H,35,37)(H2,33,34,39)/b32-15+/t28-/m1/s1. The van der Waals surface area contributed by atoms with Crippen molar-refractivity contribution in [3.05, 3.63) is 85.9 Å². The van der Waals surface area contributed by atoms with Gasteiger partial charge in [0, 0.05) is 31.9 Å². The Kier molecular flexibility index (Phi) is 9.88. The van der Waals surface area contributed by atoms with Crippen LogP contribution in [0, 0.1) is 17.4 Å². The van der Waals surface area contributed by atoms with Crippen LogP contribution in [0.3, 0.4) is 0 Å². The Balaban J connectivity index is 1.41. The summed E-state index contributed by atoms with van der Waals surface area (Å²) in [5.41, 5.74) is 7.71. The molecule has 0 saturated heterocycles. The van der Waals surface area contributed by atoms with Crippen LogP contribution in [0.25, 0.3) is 5.69 Å². The zero-order valence-electron chi connectivity index (χ0n) is 23.9. The largest absolute Gasteiger partial charge is 0.493 e. The summed E-state index contributed by atoms with van der Waals surface area (Å²) in [6, 6.07) is 13.9. The zero-order valence-corrected chi connectivity index (χ0v) is 26.1. The molecule has 0 fully saturated rings. The Bertz CT molecular complexity index is 1560. The summed E-state index contributed by atoms with van der Waals surface area (Å²) < 4.78 is 19.6. The second kappa shape index (κ2) is 13.6. The number of nitrogens with one attached hydrogen (secondary N) is 3. The maximum absolute atomic E-state index is 12.6. The number of carbonyl (C=O) groups is 3. The number of nitrogens with zero attached hydrogens (tertiary/aromatic N) is 2. The average molecular weight is 686 g/mol. The second-order valence-corrected chi connectivity index (χ2v) is 10.7. The molecular weight excluding hydrogens is 653 g/mol. The highest BCUT2D eigenvalue weighted by atomic mass is 127. The Morgan fingerprint density at radius 2 is 1.83 bits per heavy atom. The lowest BCUT2D eigenvalue weighted by Gasteiger charge is -2.28. The number of hydrogen-bond acceptors (Lipinski definition) is 7. The minimum Gasteiger partial charge on any atom is -0.493 e. The molecule has 0 aliphatic carbocycles. The lowest BCUT2D eigenvalue weighted by molar-refractivity contribution is -0.139. The number of urea groups is 1. The van der Waals surface area contributed by atoms with E-state index in [4.69, 9.17) is 14.2 Å². The van der Waals surface area contributed by atoms with E-state index in [2.05, 4.69) is 72.6 Å². The number of esters is 1. The van der Waals surface area contributed by atoms with Gasteiger partial charge in [-0.25, -0.2) is 15.0 Å². The van der Waals surface area contributed by atoms with E-state index < -0.39 is 23.9 Å². The molecule has 0 saturated carbocycles. The minimum atomic E-state index is -0.758. The maximum atomic E-state index is 12.6. The van der Waals surface area contributed by atoms with Crippen LogP contribution in [0.15, 0.2) is 64.9 Å². The van der Waals surface area contributed by atoms with Crippen LogP contribution in [0.5, 0.6) is 11.5 Å². The van der Waals surface area contributed by atoms with Crippen molar-refractivity contribution in [1.29, 1.82) is 0 Å². The first-order chi connectivity index (χ1) is 20.1. The molecule has 0 spiro atoms. The van der Waals surface area contributed by atoms with Gasteiger partial charge in [-0.3, -0.25) is 4.79 Å². The number of rotatable bonds is 10. The van der Waals surface area contributed by atoms with Crippen LogP contribution in [0.1, 0.15) is 42.4 Å². The van der Waals surface area contributed by atoms with Gasteiger partial charge in [-0.2, -0.15) is 5.10 Å². The number of allylic oxidation sites excluding steroid dienone is 1. The van der Waals surface area contributed by atoms with Crippen molar-refractivity contribution >= 4 is 46.7 Å².